The quantitative estimate of drug-likeness (QED) is 0.825. The number of nitrogens with one attached hydrogen (secondary N) is 1. The number of ether oxygens (including phenoxy) is 2. The van der Waals surface area contributed by atoms with Crippen molar-refractivity contribution in [3.8, 4) is 17.7 Å². The molecular weight excluding hydrogens is 356 g/mol. The second-order valence-corrected chi connectivity index (χ2v) is 6.88. The monoisotopic (exact) mass is 380 g/mol. The predicted octanol–water partition coefficient (Wildman–Crippen LogP) is 2.72. The van der Waals surface area contributed by atoms with Gasteiger partial charge in [-0.1, -0.05) is 6.07 Å². The van der Waals surface area contributed by atoms with E-state index in [0.717, 1.165) is 22.4 Å². The van der Waals surface area contributed by atoms with Crippen molar-refractivity contribution in [2.24, 2.45) is 11.7 Å². The van der Waals surface area contributed by atoms with Gasteiger partial charge in [0, 0.05) is 35.0 Å². The van der Waals surface area contributed by atoms with Crippen LogP contribution in [0, 0.1) is 24.2 Å². The smallest absolute Gasteiger partial charge is 0.223 e. The molecule has 1 aliphatic heterocycles. The molecule has 1 amide bonds. The molecule has 2 aromatic rings. The van der Waals surface area contributed by atoms with Crippen LogP contribution in [-0.4, -0.2) is 30.6 Å². The SMILES string of the molecule is CCOc1ncc(C)c2c1C(c1ccc(C#N)cc1OC)C(C(N)=O)C(C)N2. The minimum absolute atomic E-state index is 0.203. The summed E-state index contributed by atoms with van der Waals surface area (Å²) in [4.78, 5) is 16.9. The Morgan fingerprint density at radius 3 is 2.79 bits per heavy atom. The number of aromatic nitrogens is 1. The number of rotatable bonds is 5. The zero-order valence-electron chi connectivity index (χ0n) is 16.4. The molecule has 0 aliphatic carbocycles. The number of carbonyl (C=O) groups excluding carboxylic acids is 1. The maximum Gasteiger partial charge on any atom is 0.223 e. The first-order valence-corrected chi connectivity index (χ1v) is 9.19. The average Bonchev–Trinajstić information content (AvgIpc) is 2.68. The van der Waals surface area contributed by atoms with Crippen LogP contribution in [0.5, 0.6) is 11.6 Å². The molecule has 0 bridgehead atoms. The molecule has 3 atom stereocenters. The van der Waals surface area contributed by atoms with Crippen LogP contribution in [0.15, 0.2) is 24.4 Å². The molecule has 0 radical (unpaired) electrons. The Hall–Kier alpha value is -3.27. The van der Waals surface area contributed by atoms with Gasteiger partial charge in [-0.25, -0.2) is 4.98 Å². The minimum atomic E-state index is -0.544. The molecule has 0 fully saturated rings. The lowest BCUT2D eigenvalue weighted by Gasteiger charge is -2.39. The molecule has 0 spiro atoms. The molecular formula is C21H24N4O3. The lowest BCUT2D eigenvalue weighted by atomic mass is 9.73. The van der Waals surface area contributed by atoms with Gasteiger partial charge < -0.3 is 20.5 Å². The maximum absolute atomic E-state index is 12.5. The Bertz CT molecular complexity index is 951. The van der Waals surface area contributed by atoms with Gasteiger partial charge in [0.15, 0.2) is 0 Å². The van der Waals surface area contributed by atoms with Crippen molar-refractivity contribution < 1.29 is 14.3 Å². The fraction of sp³-hybridized carbons (Fsp3) is 0.381. The Kier molecular flexibility index (Phi) is 5.41. The van der Waals surface area contributed by atoms with Gasteiger partial charge >= 0.3 is 0 Å². The van der Waals surface area contributed by atoms with Crippen molar-refractivity contribution in [3.05, 3.63) is 46.6 Å². The number of primary amides is 1. The van der Waals surface area contributed by atoms with Crippen molar-refractivity contribution in [1.29, 1.82) is 5.26 Å². The molecule has 146 valence electrons. The van der Waals surface area contributed by atoms with Crippen LogP contribution in [0.3, 0.4) is 0 Å². The number of fused-ring (bicyclic) bond motifs is 1. The van der Waals surface area contributed by atoms with Crippen LogP contribution in [0.4, 0.5) is 5.69 Å². The summed E-state index contributed by atoms with van der Waals surface area (Å²) in [7, 11) is 1.54. The van der Waals surface area contributed by atoms with E-state index >= 15 is 0 Å². The molecule has 0 saturated carbocycles. The molecule has 1 aromatic heterocycles. The maximum atomic E-state index is 12.5. The molecule has 1 aliphatic rings. The minimum Gasteiger partial charge on any atom is -0.496 e. The Balaban J connectivity index is 2.33. The number of anilines is 1. The lowest BCUT2D eigenvalue weighted by molar-refractivity contribution is -0.122. The summed E-state index contributed by atoms with van der Waals surface area (Å²) in [6.07, 6.45) is 1.75. The van der Waals surface area contributed by atoms with E-state index < -0.39 is 17.7 Å². The summed E-state index contributed by atoms with van der Waals surface area (Å²) < 4.78 is 11.4. The molecule has 1 aromatic carbocycles. The highest BCUT2D eigenvalue weighted by atomic mass is 16.5. The first-order chi connectivity index (χ1) is 13.4. The average molecular weight is 380 g/mol. The fourth-order valence-electron chi connectivity index (χ4n) is 3.92. The number of benzene rings is 1. The Morgan fingerprint density at radius 2 is 2.18 bits per heavy atom. The number of methoxy groups -OCH3 is 1. The second kappa shape index (κ2) is 7.77. The third-order valence-corrected chi connectivity index (χ3v) is 5.16. The molecule has 0 saturated heterocycles. The number of aryl methyl sites for hydroxylation is 1. The van der Waals surface area contributed by atoms with Crippen LogP contribution < -0.4 is 20.5 Å². The zero-order valence-corrected chi connectivity index (χ0v) is 16.4. The van der Waals surface area contributed by atoms with Crippen molar-refractivity contribution in [3.63, 3.8) is 0 Å². The van der Waals surface area contributed by atoms with Crippen molar-refractivity contribution in [2.75, 3.05) is 19.0 Å². The van der Waals surface area contributed by atoms with Gasteiger partial charge in [-0.3, -0.25) is 4.79 Å². The van der Waals surface area contributed by atoms with Gasteiger partial charge in [-0.05, 0) is 38.5 Å². The van der Waals surface area contributed by atoms with Gasteiger partial charge in [0.05, 0.1) is 31.3 Å². The van der Waals surface area contributed by atoms with Crippen molar-refractivity contribution in [1.82, 2.24) is 4.98 Å². The number of pyridine rings is 1. The third kappa shape index (κ3) is 3.22. The van der Waals surface area contributed by atoms with Gasteiger partial charge in [-0.15, -0.1) is 0 Å². The third-order valence-electron chi connectivity index (χ3n) is 5.16. The largest absolute Gasteiger partial charge is 0.496 e. The molecule has 28 heavy (non-hydrogen) atoms. The normalized spacial score (nSPS) is 20.5. The van der Waals surface area contributed by atoms with E-state index in [4.69, 9.17) is 15.2 Å². The molecule has 7 heteroatoms. The second-order valence-electron chi connectivity index (χ2n) is 6.88. The molecule has 3 unspecified atom stereocenters. The standard InChI is InChI=1S/C21H24N4O3/c1-5-28-21-18-17(14-7-6-13(9-22)8-15(14)27-4)16(20(23)26)12(3)25-19(18)11(2)10-24-21/h6-8,10,12,16-17,25H,5H2,1-4H3,(H2,23,26). The van der Waals surface area contributed by atoms with Crippen LogP contribution in [0.1, 0.15) is 42.0 Å². The first-order valence-electron chi connectivity index (χ1n) is 9.19. The van der Waals surface area contributed by atoms with Crippen LogP contribution >= 0.6 is 0 Å². The number of hydrogen-bond acceptors (Lipinski definition) is 6. The number of hydrogen-bond donors (Lipinski definition) is 2. The Labute approximate surface area is 164 Å². The summed E-state index contributed by atoms with van der Waals surface area (Å²) in [5, 5.41) is 12.6. The molecule has 2 heterocycles. The summed E-state index contributed by atoms with van der Waals surface area (Å²) in [6, 6.07) is 7.11. The van der Waals surface area contributed by atoms with Crippen LogP contribution in [0.25, 0.3) is 0 Å². The zero-order chi connectivity index (χ0) is 20.4. The topological polar surface area (TPSA) is 110 Å². The van der Waals surface area contributed by atoms with Crippen LogP contribution in [-0.2, 0) is 4.79 Å². The number of nitriles is 1. The molecule has 3 N–H and O–H groups in total. The number of amides is 1. The Morgan fingerprint density at radius 1 is 1.43 bits per heavy atom. The number of nitrogens with two attached hydrogens (primary N) is 1. The van der Waals surface area contributed by atoms with Crippen molar-refractivity contribution >= 4 is 11.6 Å². The summed E-state index contributed by atoms with van der Waals surface area (Å²) >= 11 is 0. The van der Waals surface area contributed by atoms with E-state index in [1.54, 1.807) is 25.4 Å². The first kappa shape index (κ1) is 19.5. The highest BCUT2D eigenvalue weighted by molar-refractivity contribution is 5.83. The fourth-order valence-corrected chi connectivity index (χ4v) is 3.92. The van der Waals surface area contributed by atoms with Crippen LogP contribution in [0.2, 0.25) is 0 Å². The summed E-state index contributed by atoms with van der Waals surface area (Å²) in [5.41, 5.74) is 9.69. The number of carbonyl (C=O) groups is 1. The summed E-state index contributed by atoms with van der Waals surface area (Å²) in [6.45, 7) is 6.22. The van der Waals surface area contributed by atoms with Gasteiger partial charge in [-0.2, -0.15) is 5.26 Å². The van der Waals surface area contributed by atoms with E-state index in [-0.39, 0.29) is 6.04 Å². The van der Waals surface area contributed by atoms with Gasteiger partial charge in [0.25, 0.3) is 0 Å². The lowest BCUT2D eigenvalue weighted by Crippen LogP contribution is -2.44. The number of nitrogens with zero attached hydrogens (tertiary/aromatic N) is 2. The van der Waals surface area contributed by atoms with Gasteiger partial charge in [0.2, 0.25) is 11.8 Å². The van der Waals surface area contributed by atoms with E-state index in [1.807, 2.05) is 26.8 Å². The van der Waals surface area contributed by atoms with Gasteiger partial charge in [0.1, 0.15) is 5.75 Å². The predicted molar refractivity (Wildman–Crippen MR) is 105 cm³/mol. The van der Waals surface area contributed by atoms with E-state index in [1.165, 1.54) is 0 Å². The van der Waals surface area contributed by atoms with E-state index in [9.17, 15) is 10.1 Å². The van der Waals surface area contributed by atoms with Crippen molar-refractivity contribution in [2.45, 2.75) is 32.7 Å². The highest BCUT2D eigenvalue weighted by Crippen LogP contribution is 2.49. The molecule has 3 rings (SSSR count). The van der Waals surface area contributed by atoms with E-state index in [0.29, 0.717) is 23.8 Å². The molecule has 7 nitrogen and oxygen atoms in total. The van der Waals surface area contributed by atoms with E-state index in [2.05, 4.69) is 16.4 Å². The summed E-state index contributed by atoms with van der Waals surface area (Å²) in [5.74, 6) is -0.395. The highest BCUT2D eigenvalue weighted by Gasteiger charge is 2.43.